The minimum absolute atomic E-state index is 0.165. The van der Waals surface area contributed by atoms with Gasteiger partial charge in [-0.15, -0.1) is 0 Å². The summed E-state index contributed by atoms with van der Waals surface area (Å²) in [6.45, 7) is 0.610. The van der Waals surface area contributed by atoms with Crippen LogP contribution in [0.1, 0.15) is 25.7 Å². The number of nitrogens with one attached hydrogen (secondary N) is 1. The molecule has 3 N–H and O–H groups in total. The Labute approximate surface area is 90.0 Å². The molecule has 4 nitrogen and oxygen atoms in total. The summed E-state index contributed by atoms with van der Waals surface area (Å²) in [6, 6.07) is -0.526. The highest BCUT2D eigenvalue weighted by Crippen LogP contribution is 1.96. The van der Waals surface area contributed by atoms with Gasteiger partial charge in [0.05, 0.1) is 6.04 Å². The summed E-state index contributed by atoms with van der Waals surface area (Å²) in [6.07, 6.45) is 4.92. The van der Waals surface area contributed by atoms with Crippen LogP contribution in [0.4, 0.5) is 0 Å². The van der Waals surface area contributed by atoms with Gasteiger partial charge >= 0.3 is 0 Å². The van der Waals surface area contributed by atoms with Crippen molar-refractivity contribution in [1.82, 2.24) is 5.32 Å². The molecule has 0 saturated carbocycles. The lowest BCUT2D eigenvalue weighted by Crippen LogP contribution is -2.42. The molecule has 0 aliphatic heterocycles. The maximum Gasteiger partial charge on any atom is 0.237 e. The van der Waals surface area contributed by atoms with Crippen molar-refractivity contribution >= 4 is 24.8 Å². The van der Waals surface area contributed by atoms with Gasteiger partial charge in [0, 0.05) is 18.7 Å². The molecule has 0 heterocycles. The molecule has 5 heteroatoms. The summed E-state index contributed by atoms with van der Waals surface area (Å²) in [4.78, 5) is 21.0. The van der Waals surface area contributed by atoms with Crippen molar-refractivity contribution in [3.8, 4) is 0 Å². The average molecular weight is 217 g/mol. The van der Waals surface area contributed by atoms with Gasteiger partial charge in [0.15, 0.2) is 6.29 Å². The average Bonchev–Trinajstić information content (AvgIpc) is 2.21. The molecule has 1 atom stereocenters. The lowest BCUT2D eigenvalue weighted by molar-refractivity contribution is -0.121. The van der Waals surface area contributed by atoms with Crippen LogP contribution in [0, 0.1) is 0 Å². The maximum absolute atomic E-state index is 11.1. The molecule has 0 unspecified atom stereocenters. The lowest BCUT2D eigenvalue weighted by Gasteiger charge is -2.08. The highest BCUT2D eigenvalue weighted by Gasteiger charge is 2.09. The Hall–Kier alpha value is -0.550. The first-order valence-corrected chi connectivity index (χ1v) is 5.34. The molecule has 1 amide bonds. The summed E-state index contributed by atoms with van der Waals surface area (Å²) in [5, 5.41) is 2.70. The molecular formula is C9H17N2O2S. The van der Waals surface area contributed by atoms with Gasteiger partial charge in [-0.05, 0) is 12.8 Å². The first kappa shape index (κ1) is 13.4. The zero-order valence-electron chi connectivity index (χ0n) is 8.16. The number of carbonyl (C=O) groups is 1. The summed E-state index contributed by atoms with van der Waals surface area (Å²) in [5.41, 5.74) is 5.44. The molecule has 0 saturated heterocycles. The van der Waals surface area contributed by atoms with Crippen LogP contribution < -0.4 is 11.1 Å². The highest BCUT2D eigenvalue weighted by atomic mass is 32.1. The van der Waals surface area contributed by atoms with Gasteiger partial charge in [-0.1, -0.05) is 6.42 Å². The largest absolute Gasteiger partial charge is 0.355 e. The van der Waals surface area contributed by atoms with Crippen molar-refractivity contribution in [2.24, 2.45) is 5.73 Å². The molecule has 0 spiro atoms. The van der Waals surface area contributed by atoms with Gasteiger partial charge in [-0.3, -0.25) is 9.59 Å². The Kier molecular flexibility index (Phi) is 8.67. The molecule has 0 aromatic carbocycles. The van der Waals surface area contributed by atoms with Crippen molar-refractivity contribution in [3.05, 3.63) is 0 Å². The maximum atomic E-state index is 11.1. The molecule has 0 rings (SSSR count). The molecule has 0 bridgehead atoms. The van der Waals surface area contributed by atoms with E-state index in [0.29, 0.717) is 18.7 Å². The standard InChI is InChI=1S/C9H17N2O2S/c10-8(7-14)9(13)11-5-3-1-2-4-6-12/h8,14H,1-5,7,10H2,(H,11,13)/t8-/m0/s1. The van der Waals surface area contributed by atoms with E-state index in [1.165, 1.54) is 0 Å². The number of nitrogens with two attached hydrogens (primary N) is 1. The molecule has 0 aliphatic carbocycles. The highest BCUT2D eigenvalue weighted by molar-refractivity contribution is 7.80. The van der Waals surface area contributed by atoms with E-state index < -0.39 is 6.04 Å². The number of hydrogen-bond acceptors (Lipinski definition) is 4. The predicted molar refractivity (Wildman–Crippen MR) is 59.0 cm³/mol. The Morgan fingerprint density at radius 2 is 2.14 bits per heavy atom. The normalized spacial score (nSPS) is 12.1. The minimum atomic E-state index is -0.526. The first-order valence-electron chi connectivity index (χ1n) is 4.71. The predicted octanol–water partition coefficient (Wildman–Crippen LogP) is 0.0298. The molecule has 0 fully saturated rings. The minimum Gasteiger partial charge on any atom is -0.355 e. The van der Waals surface area contributed by atoms with Crippen LogP contribution in [0.5, 0.6) is 0 Å². The summed E-state index contributed by atoms with van der Waals surface area (Å²) in [7, 11) is 0. The zero-order valence-corrected chi connectivity index (χ0v) is 9.06. The van der Waals surface area contributed by atoms with Crippen molar-refractivity contribution in [2.45, 2.75) is 31.7 Å². The van der Waals surface area contributed by atoms with Crippen molar-refractivity contribution in [3.63, 3.8) is 0 Å². The Balaban J connectivity index is 3.27. The molecule has 0 aromatic rings. The van der Waals surface area contributed by atoms with Crippen LogP contribution in [0.25, 0.3) is 0 Å². The third-order valence-electron chi connectivity index (χ3n) is 1.79. The van der Waals surface area contributed by atoms with Gasteiger partial charge in [-0.25, -0.2) is 0 Å². The van der Waals surface area contributed by atoms with E-state index in [9.17, 15) is 9.59 Å². The van der Waals surface area contributed by atoms with Crippen LogP contribution >= 0.6 is 12.6 Å². The third-order valence-corrected chi connectivity index (χ3v) is 2.18. The van der Waals surface area contributed by atoms with E-state index in [1.807, 2.05) is 6.29 Å². The monoisotopic (exact) mass is 217 g/mol. The second-order valence-electron chi connectivity index (χ2n) is 3.04. The topological polar surface area (TPSA) is 72.2 Å². The number of rotatable bonds is 8. The smallest absolute Gasteiger partial charge is 0.237 e. The van der Waals surface area contributed by atoms with E-state index in [1.54, 1.807) is 0 Å². The number of carbonyl (C=O) groups excluding carboxylic acids is 2. The van der Waals surface area contributed by atoms with Gasteiger partial charge < -0.3 is 11.1 Å². The molecule has 14 heavy (non-hydrogen) atoms. The van der Waals surface area contributed by atoms with Gasteiger partial charge in [0.1, 0.15) is 0 Å². The Bertz CT molecular complexity index is 176. The van der Waals surface area contributed by atoms with E-state index in [4.69, 9.17) is 5.73 Å². The fourth-order valence-electron chi connectivity index (χ4n) is 0.925. The van der Waals surface area contributed by atoms with E-state index in [2.05, 4.69) is 17.9 Å². The SMILES string of the molecule is N[C@@H](CS)C(=O)NCCCCC[C]=O. The van der Waals surface area contributed by atoms with E-state index in [-0.39, 0.29) is 5.91 Å². The zero-order chi connectivity index (χ0) is 10.8. The van der Waals surface area contributed by atoms with E-state index >= 15 is 0 Å². The summed E-state index contributed by atoms with van der Waals surface area (Å²) >= 11 is 3.92. The quantitative estimate of drug-likeness (QED) is 0.397. The van der Waals surface area contributed by atoms with Gasteiger partial charge in [0.2, 0.25) is 5.91 Å². The van der Waals surface area contributed by atoms with Gasteiger partial charge in [0.25, 0.3) is 0 Å². The van der Waals surface area contributed by atoms with Gasteiger partial charge in [-0.2, -0.15) is 12.6 Å². The van der Waals surface area contributed by atoms with Crippen molar-refractivity contribution < 1.29 is 9.59 Å². The molecule has 81 valence electrons. The molecule has 0 aliphatic rings. The first-order chi connectivity index (χ1) is 6.72. The Morgan fingerprint density at radius 1 is 1.43 bits per heavy atom. The van der Waals surface area contributed by atoms with Crippen LogP contribution in [0.15, 0.2) is 0 Å². The van der Waals surface area contributed by atoms with Crippen LogP contribution in [0.3, 0.4) is 0 Å². The molecule has 1 radical (unpaired) electrons. The van der Waals surface area contributed by atoms with E-state index in [0.717, 1.165) is 19.3 Å². The van der Waals surface area contributed by atoms with Crippen LogP contribution in [-0.4, -0.2) is 30.5 Å². The number of hydrogen-bond donors (Lipinski definition) is 3. The lowest BCUT2D eigenvalue weighted by atomic mass is 10.2. The van der Waals surface area contributed by atoms with Crippen molar-refractivity contribution in [2.75, 3.05) is 12.3 Å². The van der Waals surface area contributed by atoms with Crippen molar-refractivity contribution in [1.29, 1.82) is 0 Å². The fraction of sp³-hybridized carbons (Fsp3) is 0.778. The Morgan fingerprint density at radius 3 is 2.71 bits per heavy atom. The third kappa shape index (κ3) is 6.91. The molecule has 0 aromatic heterocycles. The second kappa shape index (κ2) is 9.02. The van der Waals surface area contributed by atoms with Crippen LogP contribution in [0.2, 0.25) is 0 Å². The molecular weight excluding hydrogens is 200 g/mol. The summed E-state index contributed by atoms with van der Waals surface area (Å²) < 4.78 is 0. The summed E-state index contributed by atoms with van der Waals surface area (Å²) in [5.74, 6) is 0.188. The number of unbranched alkanes of at least 4 members (excludes halogenated alkanes) is 3. The fourth-order valence-corrected chi connectivity index (χ4v) is 1.09. The second-order valence-corrected chi connectivity index (χ2v) is 3.40. The number of thiol groups is 1. The number of amides is 1. The van der Waals surface area contributed by atoms with Crippen LogP contribution in [-0.2, 0) is 9.59 Å².